The van der Waals surface area contributed by atoms with Gasteiger partial charge in [0.2, 0.25) is 0 Å². The van der Waals surface area contributed by atoms with Gasteiger partial charge in [0.25, 0.3) is 5.91 Å². The molecule has 1 N–H and O–H groups in total. The van der Waals surface area contributed by atoms with Crippen molar-refractivity contribution in [3.05, 3.63) is 66.4 Å². The fourth-order valence-corrected chi connectivity index (χ4v) is 3.92. The average Bonchev–Trinajstić information content (AvgIpc) is 3.42. The summed E-state index contributed by atoms with van der Waals surface area (Å²) < 4.78 is 7.12. The van der Waals surface area contributed by atoms with Crippen molar-refractivity contribution in [1.29, 1.82) is 0 Å². The maximum Gasteiger partial charge on any atom is 0.274 e. The third-order valence-corrected chi connectivity index (χ3v) is 5.39. The van der Waals surface area contributed by atoms with Crippen LogP contribution < -0.4 is 10.1 Å². The van der Waals surface area contributed by atoms with Crippen LogP contribution in [0.1, 0.15) is 23.3 Å². The van der Waals surface area contributed by atoms with Gasteiger partial charge in [0.1, 0.15) is 5.75 Å². The van der Waals surface area contributed by atoms with Gasteiger partial charge in [-0.2, -0.15) is 5.10 Å². The largest absolute Gasteiger partial charge is 0.497 e. The first-order chi connectivity index (χ1) is 14.2. The van der Waals surface area contributed by atoms with Gasteiger partial charge in [-0.1, -0.05) is 18.2 Å². The summed E-state index contributed by atoms with van der Waals surface area (Å²) in [6.45, 7) is 1.58. The lowest BCUT2D eigenvalue weighted by Crippen LogP contribution is -2.41. The monoisotopic (exact) mass is 390 g/mol. The molecule has 0 bridgehead atoms. The number of carbonyl (C=O) groups is 1. The van der Waals surface area contributed by atoms with Gasteiger partial charge in [0, 0.05) is 24.7 Å². The van der Waals surface area contributed by atoms with Crippen molar-refractivity contribution in [2.75, 3.05) is 27.2 Å². The number of ether oxygens (including phenoxy) is 1. The summed E-state index contributed by atoms with van der Waals surface area (Å²) in [5.74, 6) is 0.787. The molecule has 1 amide bonds. The van der Waals surface area contributed by atoms with Crippen LogP contribution in [0.5, 0.6) is 5.75 Å². The Labute approximate surface area is 171 Å². The second kappa shape index (κ2) is 8.49. The summed E-state index contributed by atoms with van der Waals surface area (Å²) >= 11 is 0. The molecule has 0 aliphatic carbocycles. The Morgan fingerprint density at radius 1 is 1.17 bits per heavy atom. The predicted octanol–water partition coefficient (Wildman–Crippen LogP) is 3.37. The molecule has 1 aliphatic rings. The molecule has 1 saturated heterocycles. The molecule has 29 heavy (non-hydrogen) atoms. The number of methoxy groups -OCH3 is 1. The van der Waals surface area contributed by atoms with Gasteiger partial charge in [-0.05, 0) is 62.4 Å². The van der Waals surface area contributed by atoms with Crippen LogP contribution in [-0.2, 0) is 0 Å². The zero-order valence-electron chi connectivity index (χ0n) is 16.8. The van der Waals surface area contributed by atoms with E-state index in [0.717, 1.165) is 48.6 Å². The Hall–Kier alpha value is -3.12. The van der Waals surface area contributed by atoms with Crippen LogP contribution in [-0.4, -0.2) is 53.9 Å². The summed E-state index contributed by atoms with van der Waals surface area (Å²) in [4.78, 5) is 15.2. The third-order valence-electron chi connectivity index (χ3n) is 5.39. The molecule has 3 aromatic rings. The van der Waals surface area contributed by atoms with E-state index in [1.165, 1.54) is 0 Å². The molecule has 2 aromatic carbocycles. The van der Waals surface area contributed by atoms with Crippen LogP contribution in [0.15, 0.2) is 60.7 Å². The quantitative estimate of drug-likeness (QED) is 0.701. The summed E-state index contributed by atoms with van der Waals surface area (Å²) in [6, 6.07) is 19.8. The van der Waals surface area contributed by atoms with Crippen molar-refractivity contribution in [3.8, 4) is 22.7 Å². The van der Waals surface area contributed by atoms with E-state index in [0.29, 0.717) is 5.69 Å². The van der Waals surface area contributed by atoms with E-state index < -0.39 is 0 Å². The summed E-state index contributed by atoms with van der Waals surface area (Å²) in [5, 5.41) is 7.91. The van der Waals surface area contributed by atoms with Crippen molar-refractivity contribution < 1.29 is 9.53 Å². The van der Waals surface area contributed by atoms with E-state index in [9.17, 15) is 4.79 Å². The lowest BCUT2D eigenvalue weighted by molar-refractivity contribution is 0.0730. The third kappa shape index (κ3) is 3.89. The van der Waals surface area contributed by atoms with Crippen LogP contribution >= 0.6 is 0 Å². The molecule has 1 fully saturated rings. The number of likely N-dealkylation sites (N-methyl/N-ethyl adjacent to an activating group) is 1. The number of amides is 1. The molecular weight excluding hydrogens is 364 g/mol. The molecule has 1 aliphatic heterocycles. The standard InChI is InChI=1S/C23H26N4O2/c1-24-16-19-9-6-14-26(19)23(28)21-15-22(17-10-12-20(29-2)13-11-17)27(25-21)18-7-4-3-5-8-18/h3-5,7-8,10-13,15,19,24H,6,9,14,16H2,1-2H3. The number of carbonyl (C=O) groups excluding carboxylic acids is 1. The molecule has 4 rings (SSSR count). The fourth-order valence-electron chi connectivity index (χ4n) is 3.92. The molecule has 2 heterocycles. The van der Waals surface area contributed by atoms with Crippen LogP contribution in [0.4, 0.5) is 0 Å². The van der Waals surface area contributed by atoms with Crippen LogP contribution in [0.25, 0.3) is 16.9 Å². The normalized spacial score (nSPS) is 16.2. The lowest BCUT2D eigenvalue weighted by Gasteiger charge is -2.23. The van der Waals surface area contributed by atoms with Crippen LogP contribution in [0, 0.1) is 0 Å². The van der Waals surface area contributed by atoms with Crippen molar-refractivity contribution in [3.63, 3.8) is 0 Å². The molecule has 6 heteroatoms. The molecule has 0 radical (unpaired) electrons. The Bertz CT molecular complexity index is 966. The molecule has 1 unspecified atom stereocenters. The first-order valence-electron chi connectivity index (χ1n) is 9.96. The molecule has 0 spiro atoms. The molecule has 150 valence electrons. The number of benzene rings is 2. The highest BCUT2D eigenvalue weighted by molar-refractivity contribution is 5.94. The van der Waals surface area contributed by atoms with Crippen molar-refractivity contribution >= 4 is 5.91 Å². The molecule has 6 nitrogen and oxygen atoms in total. The second-order valence-corrected chi connectivity index (χ2v) is 7.24. The Balaban J connectivity index is 1.74. The average molecular weight is 390 g/mol. The minimum Gasteiger partial charge on any atom is -0.497 e. The SMILES string of the molecule is CNCC1CCCN1C(=O)c1cc(-c2ccc(OC)cc2)n(-c2ccccc2)n1. The molecule has 0 saturated carbocycles. The number of aromatic nitrogens is 2. The zero-order chi connectivity index (χ0) is 20.2. The number of nitrogens with zero attached hydrogens (tertiary/aromatic N) is 3. The highest BCUT2D eigenvalue weighted by Crippen LogP contribution is 2.28. The van der Waals surface area contributed by atoms with E-state index in [4.69, 9.17) is 9.84 Å². The van der Waals surface area contributed by atoms with Gasteiger partial charge in [-0.15, -0.1) is 0 Å². The van der Waals surface area contributed by atoms with Crippen LogP contribution in [0.2, 0.25) is 0 Å². The summed E-state index contributed by atoms with van der Waals surface area (Å²) in [6.07, 6.45) is 2.06. The number of likely N-dealkylation sites (tertiary alicyclic amines) is 1. The van der Waals surface area contributed by atoms with Crippen molar-refractivity contribution in [2.24, 2.45) is 0 Å². The van der Waals surface area contributed by atoms with E-state index in [1.807, 2.05) is 77.3 Å². The topological polar surface area (TPSA) is 59.4 Å². The van der Waals surface area contributed by atoms with E-state index in [2.05, 4.69) is 5.32 Å². The van der Waals surface area contributed by atoms with Gasteiger partial charge in [0.15, 0.2) is 5.69 Å². The highest BCUT2D eigenvalue weighted by Gasteiger charge is 2.31. The summed E-state index contributed by atoms with van der Waals surface area (Å²) in [5.41, 5.74) is 3.26. The van der Waals surface area contributed by atoms with Gasteiger partial charge in [-0.3, -0.25) is 4.79 Å². The van der Waals surface area contributed by atoms with Gasteiger partial charge >= 0.3 is 0 Å². The zero-order valence-corrected chi connectivity index (χ0v) is 16.8. The number of nitrogens with one attached hydrogen (secondary N) is 1. The number of hydrogen-bond donors (Lipinski definition) is 1. The first-order valence-corrected chi connectivity index (χ1v) is 9.96. The van der Waals surface area contributed by atoms with Gasteiger partial charge in [-0.25, -0.2) is 4.68 Å². The first kappa shape index (κ1) is 19.2. The Kier molecular flexibility index (Phi) is 5.62. The number of para-hydroxylation sites is 1. The Morgan fingerprint density at radius 3 is 2.62 bits per heavy atom. The lowest BCUT2D eigenvalue weighted by atomic mass is 10.1. The van der Waals surface area contributed by atoms with Crippen molar-refractivity contribution in [2.45, 2.75) is 18.9 Å². The van der Waals surface area contributed by atoms with Crippen LogP contribution in [0.3, 0.4) is 0 Å². The predicted molar refractivity (Wildman–Crippen MR) is 114 cm³/mol. The maximum absolute atomic E-state index is 13.3. The van der Waals surface area contributed by atoms with E-state index >= 15 is 0 Å². The molecular formula is C23H26N4O2. The number of hydrogen-bond acceptors (Lipinski definition) is 4. The smallest absolute Gasteiger partial charge is 0.274 e. The number of rotatable bonds is 6. The molecule has 1 atom stereocenters. The highest BCUT2D eigenvalue weighted by atomic mass is 16.5. The van der Waals surface area contributed by atoms with Gasteiger partial charge in [0.05, 0.1) is 18.5 Å². The molecule has 1 aromatic heterocycles. The Morgan fingerprint density at radius 2 is 1.93 bits per heavy atom. The van der Waals surface area contributed by atoms with E-state index in [1.54, 1.807) is 7.11 Å². The summed E-state index contributed by atoms with van der Waals surface area (Å²) in [7, 11) is 3.57. The van der Waals surface area contributed by atoms with Gasteiger partial charge < -0.3 is 15.0 Å². The minimum atomic E-state index is -0.00723. The minimum absolute atomic E-state index is 0.00723. The van der Waals surface area contributed by atoms with Crippen molar-refractivity contribution in [1.82, 2.24) is 20.0 Å². The maximum atomic E-state index is 13.3. The second-order valence-electron chi connectivity index (χ2n) is 7.24. The van der Waals surface area contributed by atoms with E-state index in [-0.39, 0.29) is 11.9 Å². The fraction of sp³-hybridized carbons (Fsp3) is 0.304.